The van der Waals surface area contributed by atoms with Gasteiger partial charge in [0.1, 0.15) is 6.61 Å². The van der Waals surface area contributed by atoms with Crippen molar-refractivity contribution in [3.05, 3.63) is 71.9 Å². The van der Waals surface area contributed by atoms with Gasteiger partial charge in [-0.2, -0.15) is 0 Å². The van der Waals surface area contributed by atoms with E-state index in [2.05, 4.69) is 6.92 Å². The fraction of sp³-hybridized carbons (Fsp3) is 0.360. The van der Waals surface area contributed by atoms with E-state index in [0.29, 0.717) is 17.7 Å². The van der Waals surface area contributed by atoms with Crippen molar-refractivity contribution >= 4 is 23.0 Å². The first-order valence-electron chi connectivity index (χ1n) is 10.7. The van der Waals surface area contributed by atoms with Gasteiger partial charge in [0, 0.05) is 11.6 Å². The summed E-state index contributed by atoms with van der Waals surface area (Å²) < 4.78 is 12.3. The molecule has 0 fully saturated rings. The van der Waals surface area contributed by atoms with Gasteiger partial charge >= 0.3 is 12.1 Å². The Morgan fingerprint density at radius 2 is 1.60 bits per heavy atom. The summed E-state index contributed by atoms with van der Waals surface area (Å²) >= 11 is 0. The molecule has 0 amide bonds. The number of benzene rings is 2. The summed E-state index contributed by atoms with van der Waals surface area (Å²) in [5, 5.41) is 0.792. The van der Waals surface area contributed by atoms with Crippen molar-refractivity contribution in [2.75, 3.05) is 6.61 Å². The van der Waals surface area contributed by atoms with Crippen LogP contribution in [-0.2, 0) is 16.1 Å². The van der Waals surface area contributed by atoms with Crippen LogP contribution in [0.5, 0.6) is 0 Å². The average molecular weight is 408 g/mol. The lowest BCUT2D eigenvalue weighted by molar-refractivity contribution is 0.0499. The second-order valence-electron chi connectivity index (χ2n) is 7.37. The highest BCUT2D eigenvalue weighted by molar-refractivity contribution is 6.05. The Balaban J connectivity index is 1.63. The van der Waals surface area contributed by atoms with E-state index in [1.807, 2.05) is 36.4 Å². The smallest absolute Gasteiger partial charge is 0.418 e. The second-order valence-corrected chi connectivity index (χ2v) is 7.37. The van der Waals surface area contributed by atoms with E-state index in [1.165, 1.54) is 23.8 Å². The Hall–Kier alpha value is -3.08. The van der Waals surface area contributed by atoms with E-state index in [0.717, 1.165) is 30.2 Å². The Bertz CT molecular complexity index is 962. The van der Waals surface area contributed by atoms with E-state index in [4.69, 9.17) is 9.47 Å². The number of aromatic nitrogens is 1. The molecule has 0 saturated heterocycles. The molecule has 0 atom stereocenters. The number of carbonyl (C=O) groups excluding carboxylic acids is 2. The molecule has 5 nitrogen and oxygen atoms in total. The number of fused-ring (bicyclic) bond motifs is 1. The van der Waals surface area contributed by atoms with Crippen LogP contribution < -0.4 is 0 Å². The van der Waals surface area contributed by atoms with Gasteiger partial charge in [0.25, 0.3) is 0 Å². The molecular formula is C25H29NO4. The van der Waals surface area contributed by atoms with E-state index in [-0.39, 0.29) is 6.61 Å². The maximum atomic E-state index is 12.7. The van der Waals surface area contributed by atoms with Crippen LogP contribution in [0.2, 0.25) is 0 Å². The van der Waals surface area contributed by atoms with Gasteiger partial charge in [-0.05, 0) is 24.1 Å². The average Bonchev–Trinajstić information content (AvgIpc) is 3.22. The lowest BCUT2D eigenvalue weighted by atomic mass is 10.1. The van der Waals surface area contributed by atoms with E-state index in [1.54, 1.807) is 24.4 Å². The normalized spacial score (nSPS) is 10.8. The van der Waals surface area contributed by atoms with Gasteiger partial charge in [0.15, 0.2) is 0 Å². The van der Waals surface area contributed by atoms with Crippen LogP contribution in [-0.4, -0.2) is 23.2 Å². The molecule has 158 valence electrons. The van der Waals surface area contributed by atoms with E-state index < -0.39 is 12.1 Å². The van der Waals surface area contributed by atoms with Crippen molar-refractivity contribution in [3.63, 3.8) is 0 Å². The number of para-hydroxylation sites is 1. The zero-order valence-corrected chi connectivity index (χ0v) is 17.5. The summed E-state index contributed by atoms with van der Waals surface area (Å²) in [6.07, 6.45) is 7.86. The predicted molar refractivity (Wildman–Crippen MR) is 118 cm³/mol. The first-order chi connectivity index (χ1) is 14.7. The summed E-state index contributed by atoms with van der Waals surface area (Å²) in [6, 6.07) is 16.6. The topological polar surface area (TPSA) is 57.5 Å². The highest BCUT2D eigenvalue weighted by atomic mass is 16.5. The molecule has 0 saturated carbocycles. The van der Waals surface area contributed by atoms with Crippen molar-refractivity contribution in [1.82, 2.24) is 4.57 Å². The maximum Gasteiger partial charge on any atom is 0.418 e. The SMILES string of the molecule is CCCCCCCCOC(=O)c1cccc2ccn(C(=O)OCc3ccccc3)c12. The molecule has 2 aromatic carbocycles. The summed E-state index contributed by atoms with van der Waals surface area (Å²) in [4.78, 5) is 25.3. The van der Waals surface area contributed by atoms with Gasteiger partial charge in [-0.25, -0.2) is 9.59 Å². The molecule has 3 aromatic rings. The minimum Gasteiger partial charge on any atom is -0.462 e. The zero-order valence-electron chi connectivity index (χ0n) is 17.5. The third kappa shape index (κ3) is 5.72. The number of hydrogen-bond donors (Lipinski definition) is 0. The number of esters is 1. The lowest BCUT2D eigenvalue weighted by Crippen LogP contribution is -2.15. The van der Waals surface area contributed by atoms with Crippen molar-refractivity contribution in [2.24, 2.45) is 0 Å². The van der Waals surface area contributed by atoms with Crippen LogP contribution in [0.15, 0.2) is 60.8 Å². The van der Waals surface area contributed by atoms with Crippen molar-refractivity contribution < 1.29 is 19.1 Å². The molecule has 0 aliphatic carbocycles. The van der Waals surface area contributed by atoms with Gasteiger partial charge in [0.05, 0.1) is 17.7 Å². The monoisotopic (exact) mass is 407 g/mol. The summed E-state index contributed by atoms with van der Waals surface area (Å²) in [6.45, 7) is 2.75. The Morgan fingerprint density at radius 1 is 0.833 bits per heavy atom. The Morgan fingerprint density at radius 3 is 2.40 bits per heavy atom. The van der Waals surface area contributed by atoms with Crippen LogP contribution in [0.4, 0.5) is 4.79 Å². The van der Waals surface area contributed by atoms with Crippen molar-refractivity contribution in [1.29, 1.82) is 0 Å². The highest BCUT2D eigenvalue weighted by Crippen LogP contribution is 2.22. The van der Waals surface area contributed by atoms with E-state index in [9.17, 15) is 9.59 Å². The van der Waals surface area contributed by atoms with Gasteiger partial charge in [-0.1, -0.05) is 81.5 Å². The van der Waals surface area contributed by atoms with Crippen molar-refractivity contribution in [2.45, 2.75) is 52.1 Å². The zero-order chi connectivity index (χ0) is 21.2. The Kier molecular flexibility index (Phi) is 8.07. The molecule has 0 unspecified atom stereocenters. The largest absolute Gasteiger partial charge is 0.462 e. The summed E-state index contributed by atoms with van der Waals surface area (Å²) in [5.41, 5.74) is 1.80. The molecule has 3 rings (SSSR count). The Labute approximate surface area is 177 Å². The maximum absolute atomic E-state index is 12.7. The number of rotatable bonds is 10. The molecule has 0 bridgehead atoms. The van der Waals surface area contributed by atoms with Crippen LogP contribution in [0.3, 0.4) is 0 Å². The first-order valence-corrected chi connectivity index (χ1v) is 10.7. The quantitative estimate of drug-likeness (QED) is 0.290. The number of carbonyl (C=O) groups is 2. The van der Waals surface area contributed by atoms with Gasteiger partial charge in [-0.15, -0.1) is 0 Å². The molecule has 0 spiro atoms. The predicted octanol–water partition coefficient (Wildman–Crippen LogP) is 6.34. The molecule has 1 aromatic heterocycles. The van der Waals surface area contributed by atoms with Gasteiger partial charge in [0.2, 0.25) is 0 Å². The molecular weight excluding hydrogens is 378 g/mol. The number of ether oxygens (including phenoxy) is 2. The van der Waals surface area contributed by atoms with Crippen LogP contribution >= 0.6 is 0 Å². The second kappa shape index (κ2) is 11.2. The molecule has 0 N–H and O–H groups in total. The molecule has 30 heavy (non-hydrogen) atoms. The van der Waals surface area contributed by atoms with Crippen LogP contribution in [0.25, 0.3) is 10.9 Å². The number of nitrogens with zero attached hydrogens (tertiary/aromatic N) is 1. The third-order valence-corrected chi connectivity index (χ3v) is 5.06. The third-order valence-electron chi connectivity index (χ3n) is 5.06. The molecule has 5 heteroatoms. The molecule has 0 aliphatic rings. The lowest BCUT2D eigenvalue weighted by Gasteiger charge is -2.10. The fourth-order valence-electron chi connectivity index (χ4n) is 3.42. The summed E-state index contributed by atoms with van der Waals surface area (Å²) in [7, 11) is 0. The molecule has 1 heterocycles. The van der Waals surface area contributed by atoms with Crippen molar-refractivity contribution in [3.8, 4) is 0 Å². The summed E-state index contributed by atoms with van der Waals surface area (Å²) in [5.74, 6) is -0.412. The van der Waals surface area contributed by atoms with Gasteiger partial charge < -0.3 is 9.47 Å². The van der Waals surface area contributed by atoms with Gasteiger partial charge in [-0.3, -0.25) is 4.57 Å². The number of hydrogen-bond acceptors (Lipinski definition) is 4. The van der Waals surface area contributed by atoms with Crippen LogP contribution in [0.1, 0.15) is 61.4 Å². The van der Waals surface area contributed by atoms with Crippen LogP contribution in [0, 0.1) is 0 Å². The molecule has 0 aliphatic heterocycles. The number of unbranched alkanes of at least 4 members (excludes halogenated alkanes) is 5. The fourth-order valence-corrected chi connectivity index (χ4v) is 3.42. The van der Waals surface area contributed by atoms with E-state index >= 15 is 0 Å². The highest BCUT2D eigenvalue weighted by Gasteiger charge is 2.18. The molecule has 0 radical (unpaired) electrons. The minimum absolute atomic E-state index is 0.171. The standard InChI is InChI=1S/C25H29NO4/c1-2-3-4-5-6-10-18-29-24(27)22-15-11-14-21-16-17-26(23(21)22)25(28)30-19-20-12-8-7-9-13-20/h7-9,11-17H,2-6,10,18-19H2,1H3. The minimum atomic E-state index is -0.523. The first kappa shape index (κ1) is 21.6.